The van der Waals surface area contributed by atoms with Crippen LogP contribution in [-0.2, 0) is 43.4 Å². The van der Waals surface area contributed by atoms with Gasteiger partial charge in [-0.1, -0.05) is 19.4 Å². The molecule has 43 heavy (non-hydrogen) atoms. The number of rotatable bonds is 12. The molecule has 0 atom stereocenters. The number of aromatic nitrogens is 3. The molecule has 12 nitrogen and oxygen atoms in total. The largest absolute Gasteiger partial charge is 0.508 e. The topological polar surface area (TPSA) is 178 Å². The summed E-state index contributed by atoms with van der Waals surface area (Å²) in [5.74, 6) is -0.947. The van der Waals surface area contributed by atoms with Crippen LogP contribution < -0.4 is 5.73 Å². The lowest BCUT2D eigenvalue weighted by molar-refractivity contribution is -0.197. The Morgan fingerprint density at radius 3 is 2.49 bits per heavy atom. The molecule has 2 aromatic carbocycles. The molecule has 4 N–H and O–H groups in total. The second-order valence-corrected chi connectivity index (χ2v) is 10.7. The third-order valence-corrected chi connectivity index (χ3v) is 7.49. The fourth-order valence-electron chi connectivity index (χ4n) is 5.18. The number of aromatic hydroxyl groups is 2. The third kappa shape index (κ3) is 6.42. The summed E-state index contributed by atoms with van der Waals surface area (Å²) in [5, 5.41) is 21.8. The highest BCUT2D eigenvalue weighted by molar-refractivity contribution is 6.07. The van der Waals surface area contributed by atoms with Crippen molar-refractivity contribution in [3.8, 4) is 11.5 Å². The Morgan fingerprint density at radius 1 is 0.977 bits per heavy atom. The van der Waals surface area contributed by atoms with E-state index in [9.17, 15) is 29.4 Å². The van der Waals surface area contributed by atoms with E-state index in [4.69, 9.17) is 15.6 Å². The number of fused-ring (bicyclic) bond motifs is 3. The van der Waals surface area contributed by atoms with Crippen LogP contribution in [0.1, 0.15) is 68.8 Å². The number of amides is 2. The Kier molecular flexibility index (Phi) is 8.56. The first-order chi connectivity index (χ1) is 20.6. The molecule has 0 aliphatic carbocycles. The molecule has 224 valence electrons. The lowest BCUT2D eigenvalue weighted by Gasteiger charge is -2.13. The Balaban J connectivity index is 1.37. The van der Waals surface area contributed by atoms with Crippen LogP contribution in [0.2, 0.25) is 0 Å². The first-order valence-corrected chi connectivity index (χ1v) is 14.3. The number of hydrogen-bond donors (Lipinski definition) is 3. The standard InChI is InChI=1S/C31H33N5O7/c1-2-3-4-25-34-29-30(35(25)17-19-16-21(38)8-11-24(19)39)22-15-18(6-10-23(22)33-31(29)32)5-7-20(37)9-14-28(42)43-36-26(40)12-13-27(36)41/h6,8,10-11,15-16,38-39H,2-5,7,9,12-14,17H2,1H3,(H2,32,33). The van der Waals surface area contributed by atoms with Gasteiger partial charge in [0.15, 0.2) is 5.82 Å². The van der Waals surface area contributed by atoms with Crippen LogP contribution in [0.15, 0.2) is 36.4 Å². The number of phenols is 2. The van der Waals surface area contributed by atoms with E-state index in [1.165, 1.54) is 18.2 Å². The number of nitrogens with zero attached hydrogens (tertiary/aromatic N) is 4. The summed E-state index contributed by atoms with van der Waals surface area (Å²) in [7, 11) is 0. The van der Waals surface area contributed by atoms with E-state index in [-0.39, 0.29) is 61.7 Å². The average Bonchev–Trinajstić information content (AvgIpc) is 3.51. The van der Waals surface area contributed by atoms with Gasteiger partial charge in [0.2, 0.25) is 0 Å². The molecule has 2 amide bonds. The zero-order chi connectivity index (χ0) is 30.7. The molecular weight excluding hydrogens is 554 g/mol. The van der Waals surface area contributed by atoms with Gasteiger partial charge in [0.25, 0.3) is 11.8 Å². The summed E-state index contributed by atoms with van der Waals surface area (Å²) >= 11 is 0. The third-order valence-electron chi connectivity index (χ3n) is 7.49. The zero-order valence-electron chi connectivity index (χ0n) is 23.8. The lowest BCUT2D eigenvalue weighted by Crippen LogP contribution is -2.32. The number of nitrogen functional groups attached to an aromatic ring is 1. The van der Waals surface area contributed by atoms with Crippen LogP contribution in [0.3, 0.4) is 0 Å². The van der Waals surface area contributed by atoms with Crippen molar-refractivity contribution in [2.24, 2.45) is 0 Å². The van der Waals surface area contributed by atoms with Crippen molar-refractivity contribution in [3.63, 3.8) is 0 Å². The molecule has 12 heteroatoms. The van der Waals surface area contributed by atoms with Crippen molar-refractivity contribution < 1.29 is 34.2 Å². The van der Waals surface area contributed by atoms with Crippen molar-refractivity contribution in [1.82, 2.24) is 19.6 Å². The summed E-state index contributed by atoms with van der Waals surface area (Å²) in [4.78, 5) is 62.1. The maximum absolute atomic E-state index is 12.6. The van der Waals surface area contributed by atoms with Gasteiger partial charge in [-0.2, -0.15) is 0 Å². The van der Waals surface area contributed by atoms with Gasteiger partial charge >= 0.3 is 5.97 Å². The predicted octanol–water partition coefficient (Wildman–Crippen LogP) is 3.86. The number of imidazole rings is 1. The molecule has 0 radical (unpaired) electrons. The first-order valence-electron chi connectivity index (χ1n) is 14.3. The Morgan fingerprint density at radius 2 is 1.74 bits per heavy atom. The highest BCUT2D eigenvalue weighted by atomic mass is 16.7. The number of carbonyl (C=O) groups excluding carboxylic acids is 4. The molecule has 0 spiro atoms. The maximum Gasteiger partial charge on any atom is 0.333 e. The molecule has 3 heterocycles. The van der Waals surface area contributed by atoms with Crippen molar-refractivity contribution in [2.75, 3.05) is 5.73 Å². The quantitative estimate of drug-likeness (QED) is 0.163. The second-order valence-electron chi connectivity index (χ2n) is 10.7. The molecule has 1 aliphatic rings. The van der Waals surface area contributed by atoms with Crippen LogP contribution in [0.25, 0.3) is 21.9 Å². The number of hydrogen-bond acceptors (Lipinski definition) is 10. The van der Waals surface area contributed by atoms with E-state index in [1.54, 1.807) is 0 Å². The summed E-state index contributed by atoms with van der Waals surface area (Å²) in [6.45, 7) is 2.34. The van der Waals surface area contributed by atoms with E-state index in [0.717, 1.165) is 35.1 Å². The SMILES string of the molecule is CCCCc1nc2c(N)nc3ccc(CCC(=O)CCC(=O)ON4C(=O)CCC4=O)cc3c2n1Cc1cc(O)ccc1O. The minimum absolute atomic E-state index is 0.00434. The van der Waals surface area contributed by atoms with Crippen LogP contribution in [0.5, 0.6) is 11.5 Å². The smallest absolute Gasteiger partial charge is 0.333 e. The molecule has 0 bridgehead atoms. The van der Waals surface area contributed by atoms with E-state index < -0.39 is 17.8 Å². The van der Waals surface area contributed by atoms with Crippen molar-refractivity contribution >= 4 is 51.3 Å². The number of ketones is 1. The number of anilines is 1. The fourth-order valence-corrected chi connectivity index (χ4v) is 5.18. The van der Waals surface area contributed by atoms with Gasteiger partial charge in [0.05, 0.1) is 24.0 Å². The van der Waals surface area contributed by atoms with Crippen molar-refractivity contribution in [2.45, 2.75) is 71.3 Å². The van der Waals surface area contributed by atoms with Crippen molar-refractivity contribution in [1.29, 1.82) is 0 Å². The molecular formula is C31H33N5O7. The molecule has 0 saturated carbocycles. The number of imide groups is 1. The van der Waals surface area contributed by atoms with E-state index >= 15 is 0 Å². The molecule has 1 saturated heterocycles. The number of unbranched alkanes of at least 4 members (excludes halogenated alkanes) is 1. The molecule has 2 aromatic heterocycles. The lowest BCUT2D eigenvalue weighted by atomic mass is 10.0. The van der Waals surface area contributed by atoms with Crippen LogP contribution in [0.4, 0.5) is 5.82 Å². The second kappa shape index (κ2) is 12.5. The van der Waals surface area contributed by atoms with Crippen LogP contribution >= 0.6 is 0 Å². The van der Waals surface area contributed by atoms with Gasteiger partial charge in [-0.3, -0.25) is 14.4 Å². The Bertz CT molecular complexity index is 1730. The number of hydroxylamine groups is 2. The number of benzene rings is 2. The molecule has 1 aliphatic heterocycles. The molecule has 0 unspecified atom stereocenters. The van der Waals surface area contributed by atoms with Gasteiger partial charge in [-0.25, -0.2) is 14.8 Å². The summed E-state index contributed by atoms with van der Waals surface area (Å²) in [6, 6.07) is 10.0. The number of aryl methyl sites for hydroxylation is 2. The van der Waals surface area contributed by atoms with Gasteiger partial charge in [0.1, 0.15) is 28.6 Å². The van der Waals surface area contributed by atoms with E-state index in [2.05, 4.69) is 11.9 Å². The highest BCUT2D eigenvalue weighted by Gasteiger charge is 2.32. The number of phenolic OH excluding ortho intramolecular Hbond substituents is 2. The summed E-state index contributed by atoms with van der Waals surface area (Å²) in [6.07, 6.45) is 2.81. The van der Waals surface area contributed by atoms with Crippen molar-refractivity contribution in [3.05, 3.63) is 53.3 Å². The summed E-state index contributed by atoms with van der Waals surface area (Å²) in [5.41, 5.74) is 9.68. The minimum Gasteiger partial charge on any atom is -0.508 e. The van der Waals surface area contributed by atoms with Gasteiger partial charge in [-0.15, -0.1) is 5.06 Å². The minimum atomic E-state index is -0.807. The fraction of sp³-hybridized carbons (Fsp3) is 0.355. The molecule has 4 aromatic rings. The average molecular weight is 588 g/mol. The highest BCUT2D eigenvalue weighted by Crippen LogP contribution is 2.33. The number of Topliss-reactive ketones (excluding diaryl/α,β-unsaturated/α-hetero) is 1. The van der Waals surface area contributed by atoms with Gasteiger partial charge < -0.3 is 25.4 Å². The zero-order valence-corrected chi connectivity index (χ0v) is 23.8. The normalized spacial score (nSPS) is 13.4. The Hall–Kier alpha value is -5.00. The molecule has 5 rings (SSSR count). The number of pyridine rings is 1. The predicted molar refractivity (Wildman–Crippen MR) is 157 cm³/mol. The molecule has 1 fully saturated rings. The van der Waals surface area contributed by atoms with E-state index in [0.29, 0.717) is 34.5 Å². The number of carbonyl (C=O) groups is 4. The van der Waals surface area contributed by atoms with Gasteiger partial charge in [0, 0.05) is 43.1 Å². The van der Waals surface area contributed by atoms with Crippen LogP contribution in [-0.4, -0.2) is 53.4 Å². The first kappa shape index (κ1) is 29.5. The van der Waals surface area contributed by atoms with E-state index in [1.807, 2.05) is 22.8 Å². The van der Waals surface area contributed by atoms with Crippen LogP contribution in [0, 0.1) is 0 Å². The monoisotopic (exact) mass is 587 g/mol. The Labute approximate surface area is 247 Å². The maximum atomic E-state index is 12.6. The van der Waals surface area contributed by atoms with Gasteiger partial charge in [-0.05, 0) is 48.7 Å². The number of nitrogens with two attached hydrogens (primary N) is 1. The summed E-state index contributed by atoms with van der Waals surface area (Å²) < 4.78 is 2.00.